The van der Waals surface area contributed by atoms with E-state index >= 15 is 0 Å². The van der Waals surface area contributed by atoms with Crippen LogP contribution in [-0.2, 0) is 4.79 Å². The van der Waals surface area contributed by atoms with Gasteiger partial charge >= 0.3 is 0 Å². The third-order valence-corrected chi connectivity index (χ3v) is 4.03. The number of aryl methyl sites for hydroxylation is 1. The number of benzene rings is 1. The molecule has 1 aromatic rings. The SMILES string of the molecule is Cc1ccc(NC(=O)C[NH+]2CCCCC2)c(Br)c1. The molecule has 0 aromatic heterocycles. The molecule has 18 heavy (non-hydrogen) atoms. The van der Waals surface area contributed by atoms with Crippen LogP contribution in [0.3, 0.4) is 0 Å². The summed E-state index contributed by atoms with van der Waals surface area (Å²) in [5.41, 5.74) is 2.04. The maximum atomic E-state index is 12.0. The summed E-state index contributed by atoms with van der Waals surface area (Å²) in [6.45, 7) is 4.87. The number of quaternary nitrogens is 1. The number of anilines is 1. The Bertz CT molecular complexity index is 428. The van der Waals surface area contributed by atoms with Gasteiger partial charge in [-0.05, 0) is 59.8 Å². The van der Waals surface area contributed by atoms with Gasteiger partial charge in [0, 0.05) is 4.47 Å². The van der Waals surface area contributed by atoms with Crippen molar-refractivity contribution in [1.29, 1.82) is 0 Å². The fourth-order valence-electron chi connectivity index (χ4n) is 2.37. The zero-order valence-corrected chi connectivity index (χ0v) is 12.3. The summed E-state index contributed by atoms with van der Waals surface area (Å²) in [7, 11) is 0. The van der Waals surface area contributed by atoms with Crippen LogP contribution in [0.1, 0.15) is 24.8 Å². The van der Waals surface area contributed by atoms with E-state index < -0.39 is 0 Å². The van der Waals surface area contributed by atoms with E-state index in [4.69, 9.17) is 0 Å². The van der Waals surface area contributed by atoms with Crippen molar-refractivity contribution in [2.75, 3.05) is 25.0 Å². The topological polar surface area (TPSA) is 33.5 Å². The van der Waals surface area contributed by atoms with E-state index in [9.17, 15) is 4.79 Å². The maximum Gasteiger partial charge on any atom is 0.279 e. The van der Waals surface area contributed by atoms with Gasteiger partial charge in [0.2, 0.25) is 0 Å². The third kappa shape index (κ3) is 3.82. The van der Waals surface area contributed by atoms with Crippen LogP contribution in [0.15, 0.2) is 22.7 Å². The lowest BCUT2D eigenvalue weighted by atomic mass is 10.1. The molecule has 1 amide bonds. The minimum absolute atomic E-state index is 0.108. The van der Waals surface area contributed by atoms with Crippen LogP contribution in [0.2, 0.25) is 0 Å². The molecule has 0 spiro atoms. The predicted octanol–water partition coefficient (Wildman–Crippen LogP) is 1.76. The summed E-state index contributed by atoms with van der Waals surface area (Å²) < 4.78 is 0.949. The van der Waals surface area contributed by atoms with Crippen LogP contribution in [0.25, 0.3) is 0 Å². The normalized spacial score (nSPS) is 16.6. The molecule has 3 nitrogen and oxygen atoms in total. The molecule has 0 bridgehead atoms. The van der Waals surface area contributed by atoms with Gasteiger partial charge in [-0.3, -0.25) is 4.79 Å². The molecule has 0 saturated carbocycles. The van der Waals surface area contributed by atoms with E-state index in [2.05, 4.69) is 21.2 Å². The molecule has 1 aliphatic heterocycles. The van der Waals surface area contributed by atoms with Crippen molar-refractivity contribution in [3.05, 3.63) is 28.2 Å². The lowest BCUT2D eigenvalue weighted by Gasteiger charge is -2.22. The summed E-state index contributed by atoms with van der Waals surface area (Å²) in [5, 5.41) is 2.98. The molecule has 2 rings (SSSR count). The Balaban J connectivity index is 1.90. The second kappa shape index (κ2) is 6.34. The first kappa shape index (κ1) is 13.6. The van der Waals surface area contributed by atoms with Gasteiger partial charge in [-0.25, -0.2) is 0 Å². The van der Waals surface area contributed by atoms with Crippen molar-refractivity contribution < 1.29 is 9.69 Å². The second-order valence-corrected chi connectivity index (χ2v) is 5.87. The highest BCUT2D eigenvalue weighted by Gasteiger charge is 2.17. The summed E-state index contributed by atoms with van der Waals surface area (Å²) >= 11 is 3.48. The average molecular weight is 312 g/mol. The number of rotatable bonds is 3. The number of likely N-dealkylation sites (tertiary alicyclic amines) is 1. The third-order valence-electron chi connectivity index (χ3n) is 3.37. The van der Waals surface area contributed by atoms with Crippen molar-refractivity contribution in [3.63, 3.8) is 0 Å². The molecular weight excluding hydrogens is 292 g/mol. The Morgan fingerprint density at radius 2 is 2.06 bits per heavy atom. The molecule has 98 valence electrons. The van der Waals surface area contributed by atoms with E-state index in [0.717, 1.165) is 23.2 Å². The number of carbonyl (C=O) groups excluding carboxylic acids is 1. The Morgan fingerprint density at radius 1 is 1.33 bits per heavy atom. The first-order chi connectivity index (χ1) is 8.65. The van der Waals surface area contributed by atoms with Gasteiger partial charge in [0.15, 0.2) is 6.54 Å². The molecular formula is C14H20BrN2O+. The molecule has 0 radical (unpaired) electrons. The summed E-state index contributed by atoms with van der Waals surface area (Å²) in [5.74, 6) is 0.108. The molecule has 1 fully saturated rings. The fraction of sp³-hybridized carbons (Fsp3) is 0.500. The highest BCUT2D eigenvalue weighted by molar-refractivity contribution is 9.10. The standard InChI is InChI=1S/C14H19BrN2O/c1-11-5-6-13(12(15)9-11)16-14(18)10-17-7-3-2-4-8-17/h5-6,9H,2-4,7-8,10H2,1H3,(H,16,18)/p+1. The highest BCUT2D eigenvalue weighted by Crippen LogP contribution is 2.22. The van der Waals surface area contributed by atoms with E-state index in [1.54, 1.807) is 0 Å². The van der Waals surface area contributed by atoms with Crippen LogP contribution in [0, 0.1) is 6.92 Å². The molecule has 1 aromatic carbocycles. The van der Waals surface area contributed by atoms with Crippen LogP contribution >= 0.6 is 15.9 Å². The number of carbonyl (C=O) groups is 1. The Labute approximate surface area is 117 Å². The average Bonchev–Trinajstić information content (AvgIpc) is 2.34. The van der Waals surface area contributed by atoms with Crippen molar-refractivity contribution in [1.82, 2.24) is 0 Å². The van der Waals surface area contributed by atoms with Crippen LogP contribution < -0.4 is 10.2 Å². The number of halogens is 1. The molecule has 4 heteroatoms. The zero-order chi connectivity index (χ0) is 13.0. The molecule has 1 aliphatic rings. The van der Waals surface area contributed by atoms with E-state index in [1.807, 2.05) is 25.1 Å². The van der Waals surface area contributed by atoms with Gasteiger partial charge in [0.25, 0.3) is 5.91 Å². The number of amides is 1. The molecule has 1 heterocycles. The fourth-order valence-corrected chi connectivity index (χ4v) is 2.96. The Morgan fingerprint density at radius 3 is 2.72 bits per heavy atom. The molecule has 0 atom stereocenters. The van der Waals surface area contributed by atoms with Gasteiger partial charge in [-0.1, -0.05) is 6.07 Å². The van der Waals surface area contributed by atoms with E-state index in [1.165, 1.54) is 29.7 Å². The lowest BCUT2D eigenvalue weighted by molar-refractivity contribution is -0.896. The quantitative estimate of drug-likeness (QED) is 0.876. The van der Waals surface area contributed by atoms with Gasteiger partial charge < -0.3 is 10.2 Å². The Kier molecular flexibility index (Phi) is 4.78. The number of hydrogen-bond donors (Lipinski definition) is 2. The number of hydrogen-bond acceptors (Lipinski definition) is 1. The summed E-state index contributed by atoms with van der Waals surface area (Å²) in [4.78, 5) is 13.4. The first-order valence-corrected chi connectivity index (χ1v) is 7.34. The minimum Gasteiger partial charge on any atom is -0.327 e. The first-order valence-electron chi connectivity index (χ1n) is 6.55. The molecule has 2 N–H and O–H groups in total. The Hall–Kier alpha value is -0.870. The van der Waals surface area contributed by atoms with Crippen LogP contribution in [-0.4, -0.2) is 25.5 Å². The summed E-state index contributed by atoms with van der Waals surface area (Å²) in [6, 6.07) is 5.97. The van der Waals surface area contributed by atoms with E-state index in [0.29, 0.717) is 6.54 Å². The van der Waals surface area contributed by atoms with Crippen molar-refractivity contribution in [2.45, 2.75) is 26.2 Å². The predicted molar refractivity (Wildman–Crippen MR) is 76.9 cm³/mol. The summed E-state index contributed by atoms with van der Waals surface area (Å²) in [6.07, 6.45) is 3.81. The van der Waals surface area contributed by atoms with E-state index in [-0.39, 0.29) is 5.91 Å². The monoisotopic (exact) mass is 311 g/mol. The number of piperidine rings is 1. The van der Waals surface area contributed by atoms with Crippen molar-refractivity contribution in [3.8, 4) is 0 Å². The number of nitrogens with one attached hydrogen (secondary N) is 2. The van der Waals surface area contributed by atoms with Crippen molar-refractivity contribution >= 4 is 27.5 Å². The van der Waals surface area contributed by atoms with Gasteiger partial charge in [-0.15, -0.1) is 0 Å². The van der Waals surface area contributed by atoms with Gasteiger partial charge in [-0.2, -0.15) is 0 Å². The highest BCUT2D eigenvalue weighted by atomic mass is 79.9. The molecule has 1 saturated heterocycles. The second-order valence-electron chi connectivity index (χ2n) is 5.02. The largest absolute Gasteiger partial charge is 0.327 e. The van der Waals surface area contributed by atoms with Gasteiger partial charge in [0.1, 0.15) is 0 Å². The zero-order valence-electron chi connectivity index (χ0n) is 10.8. The van der Waals surface area contributed by atoms with Gasteiger partial charge in [0.05, 0.1) is 18.8 Å². The van der Waals surface area contributed by atoms with Crippen LogP contribution in [0.5, 0.6) is 0 Å². The molecule has 0 aliphatic carbocycles. The maximum absolute atomic E-state index is 12.0. The lowest BCUT2D eigenvalue weighted by Crippen LogP contribution is -3.13. The smallest absolute Gasteiger partial charge is 0.279 e. The molecule has 0 unspecified atom stereocenters. The minimum atomic E-state index is 0.108. The van der Waals surface area contributed by atoms with Crippen molar-refractivity contribution in [2.24, 2.45) is 0 Å². The van der Waals surface area contributed by atoms with Crippen LogP contribution in [0.4, 0.5) is 5.69 Å².